The summed E-state index contributed by atoms with van der Waals surface area (Å²) in [5.41, 5.74) is 16.2. The van der Waals surface area contributed by atoms with Crippen LogP contribution in [0.2, 0.25) is 0 Å². The van der Waals surface area contributed by atoms with Crippen LogP contribution in [0.25, 0.3) is 108 Å². The minimum absolute atomic E-state index is 1.32. The van der Waals surface area contributed by atoms with Gasteiger partial charge in [0.15, 0.2) is 0 Å². The Hall–Kier alpha value is -9.88. The molecule has 516 valence electrons. The van der Waals surface area contributed by atoms with Crippen LogP contribution in [-0.4, -0.2) is 0 Å². The Morgan fingerprint density at radius 2 is 0.360 bits per heavy atom. The molecule has 100 heavy (non-hydrogen) atoms. The van der Waals surface area contributed by atoms with Crippen molar-refractivity contribution in [2.24, 2.45) is 0 Å². The molecule has 0 aliphatic heterocycles. The second-order valence-electron chi connectivity index (χ2n) is 24.4. The molecule has 0 aliphatic rings. The number of hydrogen-bond donors (Lipinski definition) is 0. The van der Waals surface area contributed by atoms with E-state index in [1.54, 1.807) is 0 Å². The van der Waals surface area contributed by atoms with Gasteiger partial charge in [0.05, 0.1) is 0 Å². The summed E-state index contributed by atoms with van der Waals surface area (Å²) in [5, 5.41) is 27.0. The van der Waals surface area contributed by atoms with Crippen molar-refractivity contribution in [3.05, 3.63) is 334 Å². The molecule has 0 atom stereocenters. The zero-order valence-electron chi connectivity index (χ0n) is 65.4. The van der Waals surface area contributed by atoms with Gasteiger partial charge in [-0.2, -0.15) is 0 Å². The van der Waals surface area contributed by atoms with Gasteiger partial charge in [0.1, 0.15) is 0 Å². The highest BCUT2D eigenvalue weighted by Gasteiger charge is 2.09. The Morgan fingerprint density at radius 3 is 0.770 bits per heavy atom. The fourth-order valence-corrected chi connectivity index (χ4v) is 12.6. The van der Waals surface area contributed by atoms with E-state index in [9.17, 15) is 0 Å². The second kappa shape index (κ2) is 40.9. The van der Waals surface area contributed by atoms with Gasteiger partial charge in [-0.05, 0) is 260 Å². The van der Waals surface area contributed by atoms with Gasteiger partial charge in [0, 0.05) is 0 Å². The first-order valence-electron chi connectivity index (χ1n) is 37.0. The van der Waals surface area contributed by atoms with Gasteiger partial charge in [-0.3, -0.25) is 0 Å². The summed E-state index contributed by atoms with van der Waals surface area (Å²) >= 11 is 0. The molecule has 0 heterocycles. The molecular formula is C100H116. The normalized spacial score (nSPS) is 10.0. The van der Waals surface area contributed by atoms with Gasteiger partial charge >= 0.3 is 0 Å². The Kier molecular flexibility index (Phi) is 33.0. The second-order valence-corrected chi connectivity index (χ2v) is 24.4. The fraction of sp³-hybridized carbons (Fsp3) is 0.240. The first-order valence-corrected chi connectivity index (χ1v) is 37.0. The van der Waals surface area contributed by atoms with E-state index < -0.39 is 0 Å². The zero-order chi connectivity index (χ0) is 73.6. The van der Waals surface area contributed by atoms with E-state index in [4.69, 9.17) is 0 Å². The molecule has 0 aromatic heterocycles. The third-order valence-corrected chi connectivity index (χ3v) is 17.7. The zero-order valence-corrected chi connectivity index (χ0v) is 65.4. The molecule has 0 unspecified atom stereocenters. The minimum Gasteiger partial charge on any atom is -0.0683 e. The summed E-state index contributed by atoms with van der Waals surface area (Å²) in [6.45, 7) is 50.0. The largest absolute Gasteiger partial charge is 0.0683 e. The molecule has 0 bridgehead atoms. The molecule has 0 saturated heterocycles. The molecule has 0 spiro atoms. The van der Waals surface area contributed by atoms with Crippen molar-refractivity contribution in [1.29, 1.82) is 0 Å². The van der Waals surface area contributed by atoms with Crippen LogP contribution in [0.3, 0.4) is 0 Å². The summed E-state index contributed by atoms with van der Waals surface area (Å²) in [7, 11) is 0. The van der Waals surface area contributed by atoms with Crippen LogP contribution >= 0.6 is 0 Å². The average molecular weight is 1320 g/mol. The topological polar surface area (TPSA) is 0 Å². The third-order valence-electron chi connectivity index (χ3n) is 17.7. The van der Waals surface area contributed by atoms with E-state index in [0.717, 1.165) is 0 Å². The Bertz CT molecular complexity index is 4880. The number of benzene rings is 16. The Labute approximate surface area is 603 Å². The standard InChI is InChI=1S/4C16H14.2C12H12.6C2H6/c1-11-3-5-13-10-16-8-12(2)4-6-14(16)9-15(13)7-11;1-11-13-7-3-5-9-15(13)12(2)16-10-6-4-8-14(11)16;1-11-6-5-9-15-12(2)14-8-4-3-7-13(14)10-16(11)15;1-11-7-8-12(2)16-10-14-6-4-3-5-13(14)9-15(11)16;1-9-3-5-11-6-4-10(2)8-12(11)7-9;1-9-6-7-12-10(2)4-3-5-11(12)8-9;6*1-2/h4*3-10H,1-2H3;2*3-8H,1-2H3;6*1-2H3. The molecule has 0 amide bonds. The third kappa shape index (κ3) is 20.6. The molecule has 0 nitrogen and oxygen atoms in total. The molecular weight excluding hydrogens is 1200 g/mol. The lowest BCUT2D eigenvalue weighted by molar-refractivity contribution is 1.47. The maximum atomic E-state index is 2.30. The number of fused-ring (bicyclic) bond motifs is 10. The van der Waals surface area contributed by atoms with Crippen LogP contribution in [0.1, 0.15) is 150 Å². The summed E-state index contributed by atoms with van der Waals surface area (Å²) in [4.78, 5) is 0. The van der Waals surface area contributed by atoms with Gasteiger partial charge in [-0.15, -0.1) is 0 Å². The van der Waals surface area contributed by atoms with Crippen LogP contribution in [0, 0.1) is 83.1 Å². The molecule has 16 aromatic carbocycles. The van der Waals surface area contributed by atoms with Crippen molar-refractivity contribution in [3.8, 4) is 0 Å². The first kappa shape index (κ1) is 80.8. The highest BCUT2D eigenvalue weighted by Crippen LogP contribution is 2.33. The fourth-order valence-electron chi connectivity index (χ4n) is 12.6. The number of hydrogen-bond acceptors (Lipinski definition) is 0. The lowest BCUT2D eigenvalue weighted by atomic mass is 9.93. The van der Waals surface area contributed by atoms with E-state index >= 15 is 0 Å². The molecule has 0 saturated carbocycles. The lowest BCUT2D eigenvalue weighted by Crippen LogP contribution is -1.87. The van der Waals surface area contributed by atoms with E-state index in [0.29, 0.717) is 0 Å². The Balaban J connectivity index is 0.000000210. The molecule has 0 fully saturated rings. The molecule has 16 rings (SSSR count). The van der Waals surface area contributed by atoms with Crippen molar-refractivity contribution in [1.82, 2.24) is 0 Å². The maximum absolute atomic E-state index is 2.30. The van der Waals surface area contributed by atoms with Gasteiger partial charge in [0.2, 0.25) is 0 Å². The molecule has 0 N–H and O–H groups in total. The molecule has 0 radical (unpaired) electrons. The van der Waals surface area contributed by atoms with Gasteiger partial charge in [-0.25, -0.2) is 0 Å². The van der Waals surface area contributed by atoms with Crippen LogP contribution in [0.15, 0.2) is 267 Å². The summed E-state index contributed by atoms with van der Waals surface area (Å²) in [6.07, 6.45) is 0. The summed E-state index contributed by atoms with van der Waals surface area (Å²) in [6, 6.07) is 96.2. The SMILES string of the molecule is CC.CC.CC.CC.CC.CC.Cc1c2ccccc2c(C)c2ccccc12.Cc1ccc(C)c2cc3ccccc3cc12.Cc1ccc2c(C)cccc2c1.Cc1ccc2cc3cc(C)ccc3cc2c1.Cc1ccc2ccc(C)cc2c1.Cc1cccc2c(C)c3ccccc3cc12. The van der Waals surface area contributed by atoms with Gasteiger partial charge in [-0.1, -0.05) is 347 Å². The summed E-state index contributed by atoms with van der Waals surface area (Å²) < 4.78 is 0. The van der Waals surface area contributed by atoms with E-state index in [1.807, 2.05) is 83.1 Å². The maximum Gasteiger partial charge on any atom is -0.0146 e. The molecule has 0 heteroatoms. The van der Waals surface area contributed by atoms with Gasteiger partial charge in [0.25, 0.3) is 0 Å². The molecule has 16 aromatic rings. The van der Waals surface area contributed by atoms with E-state index in [-0.39, 0.29) is 0 Å². The first-order chi connectivity index (χ1) is 48.6. The Morgan fingerprint density at radius 1 is 0.130 bits per heavy atom. The highest BCUT2D eigenvalue weighted by molar-refractivity contribution is 6.06. The predicted molar refractivity (Wildman–Crippen MR) is 459 cm³/mol. The average Bonchev–Trinajstić information content (AvgIpc) is 0.798. The van der Waals surface area contributed by atoms with E-state index in [1.165, 1.54) is 174 Å². The number of aryl methyl sites for hydroxylation is 12. The molecule has 0 aliphatic carbocycles. The van der Waals surface area contributed by atoms with Crippen LogP contribution in [0.5, 0.6) is 0 Å². The lowest BCUT2D eigenvalue weighted by Gasteiger charge is -2.11. The number of rotatable bonds is 0. The van der Waals surface area contributed by atoms with Crippen LogP contribution < -0.4 is 0 Å². The van der Waals surface area contributed by atoms with Crippen molar-refractivity contribution in [3.63, 3.8) is 0 Å². The van der Waals surface area contributed by atoms with Crippen molar-refractivity contribution in [2.45, 2.75) is 166 Å². The monoisotopic (exact) mass is 1320 g/mol. The van der Waals surface area contributed by atoms with Crippen LogP contribution in [-0.2, 0) is 0 Å². The van der Waals surface area contributed by atoms with Crippen molar-refractivity contribution >= 4 is 108 Å². The summed E-state index contributed by atoms with van der Waals surface area (Å²) in [5.74, 6) is 0. The predicted octanol–water partition coefficient (Wildman–Crippen LogP) is 31.5. The van der Waals surface area contributed by atoms with Gasteiger partial charge < -0.3 is 0 Å². The highest BCUT2D eigenvalue weighted by atomic mass is 14.1. The van der Waals surface area contributed by atoms with Crippen LogP contribution in [0.4, 0.5) is 0 Å². The van der Waals surface area contributed by atoms with E-state index in [2.05, 4.69) is 350 Å². The smallest absolute Gasteiger partial charge is 0.0146 e. The minimum atomic E-state index is 1.32. The quantitative estimate of drug-likeness (QED) is 0.133. The van der Waals surface area contributed by atoms with Crippen molar-refractivity contribution < 1.29 is 0 Å². The van der Waals surface area contributed by atoms with Crippen molar-refractivity contribution in [2.75, 3.05) is 0 Å².